The van der Waals surface area contributed by atoms with Gasteiger partial charge in [0, 0.05) is 43.5 Å². The van der Waals surface area contributed by atoms with Crippen LogP contribution in [0.2, 0.25) is 0 Å². The molecule has 2 heterocycles. The van der Waals surface area contributed by atoms with Crippen molar-refractivity contribution in [3.05, 3.63) is 65.7 Å². The third-order valence-corrected chi connectivity index (χ3v) is 5.30. The molecule has 29 heavy (non-hydrogen) atoms. The van der Waals surface area contributed by atoms with Crippen LogP contribution in [0.15, 0.2) is 54.6 Å². The monoisotopic (exact) mass is 390 g/mol. The molecule has 150 valence electrons. The first-order valence-corrected chi connectivity index (χ1v) is 9.93. The summed E-state index contributed by atoms with van der Waals surface area (Å²) < 4.78 is 5.94. The molecule has 1 amide bonds. The van der Waals surface area contributed by atoms with E-state index in [-0.39, 0.29) is 17.3 Å². The molecule has 1 N–H and O–H groups in total. The zero-order valence-corrected chi connectivity index (χ0v) is 16.8. The Hall–Kier alpha value is -3.21. The molecule has 0 bridgehead atoms. The number of piperazine rings is 1. The Morgan fingerprint density at radius 2 is 1.79 bits per heavy atom. The number of carbonyl (C=O) groups is 1. The van der Waals surface area contributed by atoms with Crippen LogP contribution in [0.3, 0.4) is 0 Å². The van der Waals surface area contributed by atoms with Crippen LogP contribution in [-0.4, -0.2) is 47.7 Å². The second kappa shape index (κ2) is 7.66. The number of nitrogens with zero attached hydrogens (tertiary/aromatic N) is 2. The number of rotatable bonds is 3. The van der Waals surface area contributed by atoms with Crippen molar-refractivity contribution in [3.8, 4) is 11.5 Å². The quantitative estimate of drug-likeness (QED) is 0.807. The molecule has 0 aliphatic carbocycles. The van der Waals surface area contributed by atoms with Crippen molar-refractivity contribution in [1.29, 1.82) is 0 Å². The molecule has 0 atom stereocenters. The van der Waals surface area contributed by atoms with Gasteiger partial charge in [-0.3, -0.25) is 4.79 Å². The van der Waals surface area contributed by atoms with Crippen molar-refractivity contribution in [3.63, 3.8) is 0 Å². The summed E-state index contributed by atoms with van der Waals surface area (Å²) in [6.45, 7) is 6.97. The van der Waals surface area contributed by atoms with E-state index in [0.29, 0.717) is 13.1 Å². The first-order valence-electron chi connectivity index (χ1n) is 9.93. The van der Waals surface area contributed by atoms with E-state index in [1.165, 1.54) is 0 Å². The molecule has 2 aromatic rings. The summed E-state index contributed by atoms with van der Waals surface area (Å²) in [6.07, 6.45) is 7.62. The molecule has 1 fully saturated rings. The standard InChI is InChI=1S/C24H26N2O3/c1-24(2)12-11-19-17-18(3-9-22(19)29-24)4-10-23(28)26-15-13-25(14-16-26)20-5-7-21(27)8-6-20/h3-12,17,27H,13-16H2,1-2H3/b10-4+. The maximum atomic E-state index is 12.6. The van der Waals surface area contributed by atoms with Gasteiger partial charge in [0.05, 0.1) is 0 Å². The molecule has 5 nitrogen and oxygen atoms in total. The molecule has 0 aromatic heterocycles. The predicted molar refractivity (Wildman–Crippen MR) is 116 cm³/mol. The normalized spacial score (nSPS) is 17.9. The highest BCUT2D eigenvalue weighted by Crippen LogP contribution is 2.31. The highest BCUT2D eigenvalue weighted by molar-refractivity contribution is 5.92. The number of carbonyl (C=O) groups excluding carboxylic acids is 1. The van der Waals surface area contributed by atoms with E-state index in [0.717, 1.165) is 35.7 Å². The second-order valence-corrected chi connectivity index (χ2v) is 8.00. The van der Waals surface area contributed by atoms with Gasteiger partial charge < -0.3 is 19.6 Å². The number of ether oxygens (including phenoxy) is 1. The summed E-state index contributed by atoms with van der Waals surface area (Å²) in [7, 11) is 0. The SMILES string of the molecule is CC1(C)C=Cc2cc(/C=C/C(=O)N3CCN(c4ccc(O)cc4)CC3)ccc2O1. The Kier molecular flexibility index (Phi) is 5.05. The summed E-state index contributed by atoms with van der Waals surface area (Å²) >= 11 is 0. The minimum Gasteiger partial charge on any atom is -0.508 e. The largest absolute Gasteiger partial charge is 0.508 e. The van der Waals surface area contributed by atoms with Crippen LogP contribution >= 0.6 is 0 Å². The van der Waals surface area contributed by atoms with Gasteiger partial charge in [-0.15, -0.1) is 0 Å². The van der Waals surface area contributed by atoms with Crippen LogP contribution in [0.25, 0.3) is 12.2 Å². The molecule has 0 unspecified atom stereocenters. The first-order chi connectivity index (χ1) is 13.9. The van der Waals surface area contributed by atoms with Crippen molar-refractivity contribution in [2.45, 2.75) is 19.4 Å². The van der Waals surface area contributed by atoms with Gasteiger partial charge in [-0.1, -0.05) is 12.1 Å². The van der Waals surface area contributed by atoms with Crippen LogP contribution in [-0.2, 0) is 4.79 Å². The Morgan fingerprint density at radius 3 is 2.52 bits per heavy atom. The molecule has 1 saturated heterocycles. The number of hydrogen-bond donors (Lipinski definition) is 1. The summed E-state index contributed by atoms with van der Waals surface area (Å²) in [4.78, 5) is 16.7. The van der Waals surface area contributed by atoms with Gasteiger partial charge in [-0.05, 0) is 68.0 Å². The first kappa shape index (κ1) is 19.1. The Morgan fingerprint density at radius 1 is 1.07 bits per heavy atom. The highest BCUT2D eigenvalue weighted by atomic mass is 16.5. The number of hydrogen-bond acceptors (Lipinski definition) is 4. The number of amides is 1. The maximum Gasteiger partial charge on any atom is 0.246 e. The number of anilines is 1. The molecule has 4 rings (SSSR count). The molecule has 0 radical (unpaired) electrons. The third-order valence-electron chi connectivity index (χ3n) is 5.30. The van der Waals surface area contributed by atoms with Crippen molar-refractivity contribution in [2.24, 2.45) is 0 Å². The fourth-order valence-electron chi connectivity index (χ4n) is 3.62. The number of phenols is 1. The molecule has 0 spiro atoms. The molecular formula is C24H26N2O3. The van der Waals surface area contributed by atoms with Crippen LogP contribution in [0, 0.1) is 0 Å². The van der Waals surface area contributed by atoms with Gasteiger partial charge in [0.25, 0.3) is 0 Å². The Balaban J connectivity index is 1.35. The number of fused-ring (bicyclic) bond motifs is 1. The lowest BCUT2D eigenvalue weighted by molar-refractivity contribution is -0.126. The lowest BCUT2D eigenvalue weighted by Gasteiger charge is -2.35. The second-order valence-electron chi connectivity index (χ2n) is 8.00. The van der Waals surface area contributed by atoms with E-state index in [2.05, 4.69) is 11.0 Å². The van der Waals surface area contributed by atoms with Gasteiger partial charge in [-0.25, -0.2) is 0 Å². The van der Waals surface area contributed by atoms with E-state index in [4.69, 9.17) is 4.74 Å². The summed E-state index contributed by atoms with van der Waals surface area (Å²) in [6, 6.07) is 13.2. The van der Waals surface area contributed by atoms with Gasteiger partial charge in [0.2, 0.25) is 5.91 Å². The summed E-state index contributed by atoms with van der Waals surface area (Å²) in [5.41, 5.74) is 2.79. The van der Waals surface area contributed by atoms with Gasteiger partial charge in [-0.2, -0.15) is 0 Å². The van der Waals surface area contributed by atoms with E-state index < -0.39 is 0 Å². The van der Waals surface area contributed by atoms with E-state index in [9.17, 15) is 9.90 Å². The van der Waals surface area contributed by atoms with Crippen LogP contribution in [0.4, 0.5) is 5.69 Å². The number of phenolic OH excluding ortho intramolecular Hbond substituents is 1. The fourth-order valence-corrected chi connectivity index (χ4v) is 3.62. The zero-order chi connectivity index (χ0) is 20.4. The van der Waals surface area contributed by atoms with E-state index in [1.807, 2.05) is 61.2 Å². The van der Waals surface area contributed by atoms with Crippen LogP contribution < -0.4 is 9.64 Å². The zero-order valence-electron chi connectivity index (χ0n) is 16.8. The highest BCUT2D eigenvalue weighted by Gasteiger charge is 2.22. The smallest absolute Gasteiger partial charge is 0.246 e. The molecule has 5 heteroatoms. The lowest BCUT2D eigenvalue weighted by atomic mass is 10.0. The van der Waals surface area contributed by atoms with Gasteiger partial charge in [0.15, 0.2) is 0 Å². The number of benzene rings is 2. The van der Waals surface area contributed by atoms with Gasteiger partial charge >= 0.3 is 0 Å². The maximum absolute atomic E-state index is 12.6. The molecule has 2 aromatic carbocycles. The molecule has 2 aliphatic rings. The summed E-state index contributed by atoms with van der Waals surface area (Å²) in [5, 5.41) is 9.42. The average Bonchev–Trinajstić information content (AvgIpc) is 2.72. The minimum absolute atomic E-state index is 0.0287. The Bertz CT molecular complexity index is 953. The molecule has 0 saturated carbocycles. The predicted octanol–water partition coefficient (Wildman–Crippen LogP) is 3.94. The Labute approximate surface area is 171 Å². The van der Waals surface area contributed by atoms with Crippen molar-refractivity contribution in [1.82, 2.24) is 4.90 Å². The third kappa shape index (κ3) is 4.45. The van der Waals surface area contributed by atoms with E-state index in [1.54, 1.807) is 18.2 Å². The topological polar surface area (TPSA) is 53.0 Å². The lowest BCUT2D eigenvalue weighted by Crippen LogP contribution is -2.48. The van der Waals surface area contributed by atoms with Gasteiger partial charge in [0.1, 0.15) is 17.1 Å². The van der Waals surface area contributed by atoms with Crippen molar-refractivity contribution in [2.75, 3.05) is 31.1 Å². The fraction of sp³-hybridized carbons (Fsp3) is 0.292. The van der Waals surface area contributed by atoms with E-state index >= 15 is 0 Å². The number of aromatic hydroxyl groups is 1. The average molecular weight is 390 g/mol. The van der Waals surface area contributed by atoms with Crippen LogP contribution in [0.5, 0.6) is 11.5 Å². The van der Waals surface area contributed by atoms with Crippen molar-refractivity contribution < 1.29 is 14.6 Å². The van der Waals surface area contributed by atoms with Crippen LogP contribution in [0.1, 0.15) is 25.0 Å². The summed E-state index contributed by atoms with van der Waals surface area (Å²) in [5.74, 6) is 1.16. The molecular weight excluding hydrogens is 364 g/mol. The van der Waals surface area contributed by atoms with Crippen molar-refractivity contribution >= 4 is 23.7 Å². The minimum atomic E-state index is -0.289. The molecule has 2 aliphatic heterocycles.